The summed E-state index contributed by atoms with van der Waals surface area (Å²) in [4.78, 5) is 27.1. The molecule has 2 amide bonds. The first kappa shape index (κ1) is 22.6. The van der Waals surface area contributed by atoms with Crippen molar-refractivity contribution in [2.45, 2.75) is 26.9 Å². The fourth-order valence-corrected chi connectivity index (χ4v) is 5.28. The Bertz CT molecular complexity index is 1330. The van der Waals surface area contributed by atoms with E-state index < -0.39 is 12.2 Å². The predicted molar refractivity (Wildman–Crippen MR) is 126 cm³/mol. The maximum absolute atomic E-state index is 13.7. The number of thiazole rings is 1. The Labute approximate surface area is 193 Å². The second kappa shape index (κ2) is 9.11. The summed E-state index contributed by atoms with van der Waals surface area (Å²) in [5, 5.41) is 19.4. The van der Waals surface area contributed by atoms with E-state index in [1.807, 2.05) is 28.7 Å². The first-order valence-corrected chi connectivity index (χ1v) is 11.4. The molecule has 9 heteroatoms. The highest BCUT2D eigenvalue weighted by Gasteiger charge is 2.27. The predicted octanol–water partition coefficient (Wildman–Crippen LogP) is 5.96. The largest absolute Gasteiger partial charge is 0.465 e. The van der Waals surface area contributed by atoms with Gasteiger partial charge >= 0.3 is 12.2 Å². The zero-order chi connectivity index (χ0) is 23.7. The first-order chi connectivity index (χ1) is 15.8. The van der Waals surface area contributed by atoms with Crippen LogP contribution in [0.3, 0.4) is 0 Å². The number of amides is 2. The van der Waals surface area contributed by atoms with Crippen LogP contribution < -0.4 is 0 Å². The van der Waals surface area contributed by atoms with Crippen LogP contribution in [0.25, 0.3) is 26.3 Å². The van der Waals surface area contributed by atoms with Crippen LogP contribution in [0.5, 0.6) is 0 Å². The highest BCUT2D eigenvalue weighted by atomic mass is 32.1. The van der Waals surface area contributed by atoms with Gasteiger partial charge in [0.1, 0.15) is 10.6 Å². The Morgan fingerprint density at radius 3 is 2.06 bits per heavy atom. The Morgan fingerprint density at radius 1 is 0.909 bits per heavy atom. The van der Waals surface area contributed by atoms with Crippen LogP contribution in [0.1, 0.15) is 25.0 Å². The average Bonchev–Trinajstić information content (AvgIpc) is 3.30. The number of hydrogen-bond acceptors (Lipinski definition) is 3. The normalized spacial score (nSPS) is 11.2. The molecule has 0 unspecified atom stereocenters. The molecule has 2 heterocycles. The SMILES string of the molecule is CCN(Cc1c(CN(CC)C(=O)O)c2sc3ccccc3n2c1-c1ccc(F)cc1)C(=O)O. The molecule has 7 nitrogen and oxygen atoms in total. The highest BCUT2D eigenvalue weighted by molar-refractivity contribution is 7.24. The van der Waals surface area contributed by atoms with Crippen molar-refractivity contribution in [2.24, 2.45) is 0 Å². The van der Waals surface area contributed by atoms with E-state index in [4.69, 9.17) is 0 Å². The number of rotatable bonds is 7. The lowest BCUT2D eigenvalue weighted by Gasteiger charge is -2.21. The topological polar surface area (TPSA) is 85.5 Å². The van der Waals surface area contributed by atoms with Crippen molar-refractivity contribution in [3.8, 4) is 11.3 Å². The molecule has 172 valence electrons. The molecule has 4 aromatic rings. The van der Waals surface area contributed by atoms with E-state index in [2.05, 4.69) is 0 Å². The van der Waals surface area contributed by atoms with Crippen molar-refractivity contribution in [1.82, 2.24) is 14.2 Å². The van der Waals surface area contributed by atoms with Crippen LogP contribution >= 0.6 is 11.3 Å². The van der Waals surface area contributed by atoms with E-state index in [0.29, 0.717) is 6.54 Å². The third-order valence-electron chi connectivity index (χ3n) is 5.77. The Hall–Kier alpha value is -3.59. The number of carbonyl (C=O) groups is 2. The Kier molecular flexibility index (Phi) is 6.24. The van der Waals surface area contributed by atoms with Crippen LogP contribution in [-0.4, -0.2) is 49.7 Å². The van der Waals surface area contributed by atoms with E-state index in [9.17, 15) is 24.2 Å². The van der Waals surface area contributed by atoms with E-state index >= 15 is 0 Å². The van der Waals surface area contributed by atoms with Gasteiger partial charge in [0, 0.05) is 24.2 Å². The zero-order valence-electron chi connectivity index (χ0n) is 18.3. The Morgan fingerprint density at radius 2 is 1.48 bits per heavy atom. The maximum Gasteiger partial charge on any atom is 0.407 e. The smallest absolute Gasteiger partial charge is 0.407 e. The number of nitrogens with zero attached hydrogens (tertiary/aromatic N) is 3. The number of carboxylic acid groups (broad SMARTS) is 2. The summed E-state index contributed by atoms with van der Waals surface area (Å²) in [6, 6.07) is 13.9. The van der Waals surface area contributed by atoms with Crippen LogP contribution in [0.15, 0.2) is 48.5 Å². The first-order valence-electron chi connectivity index (χ1n) is 10.6. The minimum Gasteiger partial charge on any atom is -0.465 e. The van der Waals surface area contributed by atoms with Crippen molar-refractivity contribution >= 4 is 38.6 Å². The van der Waals surface area contributed by atoms with Crippen molar-refractivity contribution in [2.75, 3.05) is 13.1 Å². The molecule has 0 saturated heterocycles. The molecule has 0 aliphatic carbocycles. The van der Waals surface area contributed by atoms with Gasteiger partial charge in [-0.05, 0) is 55.8 Å². The Balaban J connectivity index is 2.07. The lowest BCUT2D eigenvalue weighted by molar-refractivity contribution is 0.141. The summed E-state index contributed by atoms with van der Waals surface area (Å²) in [6.45, 7) is 4.30. The molecule has 4 rings (SSSR count). The maximum atomic E-state index is 13.7. The van der Waals surface area contributed by atoms with Crippen LogP contribution in [0.4, 0.5) is 14.0 Å². The molecule has 2 aromatic carbocycles. The molecule has 0 aliphatic rings. The highest BCUT2D eigenvalue weighted by Crippen LogP contribution is 2.41. The molecular weight excluding hydrogens is 445 g/mol. The van der Waals surface area contributed by atoms with Crippen LogP contribution in [-0.2, 0) is 13.1 Å². The van der Waals surface area contributed by atoms with E-state index in [-0.39, 0.29) is 25.5 Å². The molecule has 0 bridgehead atoms. The molecule has 0 atom stereocenters. The summed E-state index contributed by atoms with van der Waals surface area (Å²) in [5.41, 5.74) is 3.90. The van der Waals surface area contributed by atoms with E-state index in [1.54, 1.807) is 26.0 Å². The second-order valence-electron chi connectivity index (χ2n) is 7.62. The fourth-order valence-electron chi connectivity index (χ4n) is 4.07. The van der Waals surface area contributed by atoms with Gasteiger partial charge in [-0.3, -0.25) is 4.40 Å². The molecule has 0 aliphatic heterocycles. The number of benzene rings is 2. The molecule has 0 fully saturated rings. The summed E-state index contributed by atoms with van der Waals surface area (Å²) in [7, 11) is 0. The summed E-state index contributed by atoms with van der Waals surface area (Å²) < 4.78 is 16.8. The molecule has 0 radical (unpaired) electrons. The lowest BCUT2D eigenvalue weighted by Crippen LogP contribution is -2.31. The van der Waals surface area contributed by atoms with Crippen LogP contribution in [0.2, 0.25) is 0 Å². The number of fused-ring (bicyclic) bond motifs is 3. The second-order valence-corrected chi connectivity index (χ2v) is 8.65. The minimum absolute atomic E-state index is 0.0910. The molecule has 0 spiro atoms. The lowest BCUT2D eigenvalue weighted by atomic mass is 10.0. The number of halogens is 1. The van der Waals surface area contributed by atoms with E-state index in [0.717, 1.165) is 37.4 Å². The quantitative estimate of drug-likeness (QED) is 0.350. The van der Waals surface area contributed by atoms with Gasteiger partial charge in [-0.25, -0.2) is 14.0 Å². The van der Waals surface area contributed by atoms with E-state index in [1.165, 1.54) is 33.3 Å². The van der Waals surface area contributed by atoms with Gasteiger partial charge in [-0.1, -0.05) is 12.1 Å². The van der Waals surface area contributed by atoms with Gasteiger partial charge < -0.3 is 20.0 Å². The third kappa shape index (κ3) is 4.11. The molecular formula is C24H24FN3O4S. The van der Waals surface area contributed by atoms with Gasteiger partial charge in [0.15, 0.2) is 0 Å². The molecule has 2 N–H and O–H groups in total. The van der Waals surface area contributed by atoms with Crippen molar-refractivity contribution in [3.05, 3.63) is 65.5 Å². The summed E-state index contributed by atoms with van der Waals surface area (Å²) in [6.07, 6.45) is -2.10. The van der Waals surface area contributed by atoms with Crippen molar-refractivity contribution in [1.29, 1.82) is 0 Å². The van der Waals surface area contributed by atoms with Gasteiger partial charge in [-0.15, -0.1) is 11.3 Å². The van der Waals surface area contributed by atoms with Gasteiger partial charge in [0.25, 0.3) is 0 Å². The number of para-hydroxylation sites is 1. The van der Waals surface area contributed by atoms with Crippen molar-refractivity contribution < 1.29 is 24.2 Å². The van der Waals surface area contributed by atoms with Gasteiger partial charge in [0.2, 0.25) is 0 Å². The molecule has 33 heavy (non-hydrogen) atoms. The van der Waals surface area contributed by atoms with Gasteiger partial charge in [-0.2, -0.15) is 0 Å². The number of aromatic nitrogens is 1. The zero-order valence-corrected chi connectivity index (χ0v) is 19.1. The van der Waals surface area contributed by atoms with Crippen molar-refractivity contribution in [3.63, 3.8) is 0 Å². The standard InChI is InChI=1S/C24H24FN3O4S/c1-3-26(23(29)30)13-17-18(14-27(4-2)24(31)32)22-28(19-7-5-6-8-20(19)33-22)21(17)15-9-11-16(25)12-10-15/h5-12H,3-4,13-14H2,1-2H3,(H,29,30)(H,31,32). The number of hydrogen-bond donors (Lipinski definition) is 2. The molecule has 0 saturated carbocycles. The summed E-state index contributed by atoms with van der Waals surface area (Å²) in [5.74, 6) is -0.368. The van der Waals surface area contributed by atoms with Gasteiger partial charge in [0.05, 0.1) is 29.0 Å². The third-order valence-corrected chi connectivity index (χ3v) is 6.96. The average molecular weight is 470 g/mol. The minimum atomic E-state index is -1.06. The molecule has 2 aromatic heterocycles. The monoisotopic (exact) mass is 469 g/mol. The van der Waals surface area contributed by atoms with Crippen LogP contribution in [0, 0.1) is 5.82 Å². The summed E-state index contributed by atoms with van der Waals surface area (Å²) >= 11 is 1.53. The fraction of sp³-hybridized carbons (Fsp3) is 0.250.